The van der Waals surface area contributed by atoms with E-state index in [0.29, 0.717) is 0 Å². The van der Waals surface area contributed by atoms with Gasteiger partial charge in [0.1, 0.15) is 0 Å². The fraction of sp³-hybridized carbons (Fsp3) is 0.520. The van der Waals surface area contributed by atoms with Gasteiger partial charge in [0.05, 0.1) is 0 Å². The molecule has 0 spiro atoms. The third-order valence-electron chi connectivity index (χ3n) is 5.15. The lowest BCUT2D eigenvalue weighted by Crippen LogP contribution is -1.91. The maximum absolute atomic E-state index is 2.30. The Morgan fingerprint density at radius 3 is 1.68 bits per heavy atom. The standard InChI is InChI=1S/C25H36/c1-2-3-4-5-6-7-8-9-10-11-13-18-24-21-16-17-22-25(24)23-19-14-12-15-20-23/h12,14-17,19-22H,2-11,13,18H2,1H3. The van der Waals surface area contributed by atoms with Crippen molar-refractivity contribution in [2.45, 2.75) is 84.0 Å². The molecule has 0 heterocycles. The van der Waals surface area contributed by atoms with Crippen molar-refractivity contribution in [3.05, 3.63) is 60.2 Å². The van der Waals surface area contributed by atoms with Crippen LogP contribution in [0, 0.1) is 0 Å². The highest BCUT2D eigenvalue weighted by atomic mass is 14.1. The zero-order chi connectivity index (χ0) is 17.6. The zero-order valence-electron chi connectivity index (χ0n) is 16.2. The monoisotopic (exact) mass is 336 g/mol. The van der Waals surface area contributed by atoms with Crippen molar-refractivity contribution in [3.63, 3.8) is 0 Å². The molecule has 0 fully saturated rings. The van der Waals surface area contributed by atoms with Crippen molar-refractivity contribution in [3.8, 4) is 11.1 Å². The van der Waals surface area contributed by atoms with Gasteiger partial charge in [-0.05, 0) is 29.5 Å². The molecule has 0 aromatic heterocycles. The van der Waals surface area contributed by atoms with Crippen molar-refractivity contribution in [1.29, 1.82) is 0 Å². The van der Waals surface area contributed by atoms with Crippen molar-refractivity contribution in [2.24, 2.45) is 0 Å². The average molecular weight is 337 g/mol. The number of aryl methyl sites for hydroxylation is 1. The minimum absolute atomic E-state index is 1.21. The van der Waals surface area contributed by atoms with Gasteiger partial charge in [-0.15, -0.1) is 0 Å². The summed E-state index contributed by atoms with van der Waals surface area (Å²) in [6, 6.07) is 19.7. The molecule has 0 amide bonds. The van der Waals surface area contributed by atoms with Crippen LogP contribution in [0.2, 0.25) is 0 Å². The normalized spacial score (nSPS) is 10.9. The summed E-state index contributed by atoms with van der Waals surface area (Å²) in [5, 5.41) is 0. The van der Waals surface area contributed by atoms with Crippen molar-refractivity contribution in [1.82, 2.24) is 0 Å². The summed E-state index contributed by atoms with van der Waals surface area (Å²) in [5.41, 5.74) is 4.26. The lowest BCUT2D eigenvalue weighted by atomic mass is 9.95. The Morgan fingerprint density at radius 1 is 0.520 bits per heavy atom. The number of unbranched alkanes of at least 4 members (excludes halogenated alkanes) is 10. The van der Waals surface area contributed by atoms with Crippen LogP contribution in [0.5, 0.6) is 0 Å². The van der Waals surface area contributed by atoms with E-state index in [1.54, 1.807) is 0 Å². The Morgan fingerprint density at radius 2 is 1.04 bits per heavy atom. The molecule has 0 bridgehead atoms. The van der Waals surface area contributed by atoms with Gasteiger partial charge >= 0.3 is 0 Å². The lowest BCUT2D eigenvalue weighted by molar-refractivity contribution is 0.549. The molecule has 0 aliphatic carbocycles. The van der Waals surface area contributed by atoms with E-state index in [0.717, 1.165) is 0 Å². The molecule has 0 saturated carbocycles. The van der Waals surface area contributed by atoms with Crippen LogP contribution in [0.3, 0.4) is 0 Å². The Bertz CT molecular complexity index is 555. The van der Waals surface area contributed by atoms with Crippen LogP contribution in [0.15, 0.2) is 54.6 Å². The second-order valence-electron chi connectivity index (χ2n) is 7.31. The van der Waals surface area contributed by atoms with E-state index in [1.165, 1.54) is 93.7 Å². The third kappa shape index (κ3) is 7.90. The first-order valence-corrected chi connectivity index (χ1v) is 10.5. The SMILES string of the molecule is CCCCCCCCCCCCCc1ccccc1-c1ccccc1. The fourth-order valence-corrected chi connectivity index (χ4v) is 3.62. The molecule has 0 unspecified atom stereocenters. The number of hydrogen-bond acceptors (Lipinski definition) is 0. The second kappa shape index (κ2) is 12.8. The van der Waals surface area contributed by atoms with Crippen LogP contribution in [0.25, 0.3) is 11.1 Å². The van der Waals surface area contributed by atoms with E-state index in [-0.39, 0.29) is 0 Å². The average Bonchev–Trinajstić information content (AvgIpc) is 2.67. The first kappa shape index (κ1) is 19.8. The van der Waals surface area contributed by atoms with Crippen LogP contribution in [-0.4, -0.2) is 0 Å². The fourth-order valence-electron chi connectivity index (χ4n) is 3.62. The summed E-state index contributed by atoms with van der Waals surface area (Å²) in [5.74, 6) is 0. The summed E-state index contributed by atoms with van der Waals surface area (Å²) in [6.07, 6.45) is 16.7. The first-order valence-electron chi connectivity index (χ1n) is 10.5. The molecule has 0 N–H and O–H groups in total. The van der Waals surface area contributed by atoms with Crippen LogP contribution in [0.1, 0.15) is 83.1 Å². The van der Waals surface area contributed by atoms with Gasteiger partial charge in [-0.2, -0.15) is 0 Å². The molecule has 0 aliphatic rings. The van der Waals surface area contributed by atoms with Crippen LogP contribution in [0.4, 0.5) is 0 Å². The maximum Gasteiger partial charge on any atom is -0.0152 e. The van der Waals surface area contributed by atoms with E-state index < -0.39 is 0 Å². The second-order valence-corrected chi connectivity index (χ2v) is 7.31. The zero-order valence-corrected chi connectivity index (χ0v) is 16.2. The maximum atomic E-state index is 2.30. The minimum atomic E-state index is 1.21. The predicted octanol–water partition coefficient (Wildman–Crippen LogP) is 8.21. The molecule has 0 atom stereocenters. The molecular formula is C25H36. The Balaban J connectivity index is 1.60. The van der Waals surface area contributed by atoms with Gasteiger partial charge in [0, 0.05) is 0 Å². The largest absolute Gasteiger partial charge is 0.0654 e. The van der Waals surface area contributed by atoms with Gasteiger partial charge in [0.2, 0.25) is 0 Å². The van der Waals surface area contributed by atoms with Gasteiger partial charge in [-0.1, -0.05) is 126 Å². The van der Waals surface area contributed by atoms with Crippen molar-refractivity contribution < 1.29 is 0 Å². The van der Waals surface area contributed by atoms with Gasteiger partial charge < -0.3 is 0 Å². The Labute approximate surface area is 155 Å². The number of benzene rings is 2. The summed E-state index contributed by atoms with van der Waals surface area (Å²) in [7, 11) is 0. The molecule has 25 heavy (non-hydrogen) atoms. The summed E-state index contributed by atoms with van der Waals surface area (Å²) in [6.45, 7) is 2.29. The molecular weight excluding hydrogens is 300 g/mol. The third-order valence-corrected chi connectivity index (χ3v) is 5.15. The highest BCUT2D eigenvalue weighted by Crippen LogP contribution is 2.25. The summed E-state index contributed by atoms with van der Waals surface area (Å²) in [4.78, 5) is 0. The van der Waals surface area contributed by atoms with Crippen LogP contribution < -0.4 is 0 Å². The molecule has 2 rings (SSSR count). The molecule has 136 valence electrons. The van der Waals surface area contributed by atoms with Gasteiger partial charge in [-0.25, -0.2) is 0 Å². The highest BCUT2D eigenvalue weighted by molar-refractivity contribution is 5.67. The van der Waals surface area contributed by atoms with Crippen molar-refractivity contribution >= 4 is 0 Å². The summed E-state index contributed by atoms with van der Waals surface area (Å²) >= 11 is 0. The van der Waals surface area contributed by atoms with Gasteiger partial charge in [0.25, 0.3) is 0 Å². The van der Waals surface area contributed by atoms with E-state index in [2.05, 4.69) is 61.5 Å². The number of rotatable bonds is 13. The molecule has 0 heteroatoms. The molecule has 0 aliphatic heterocycles. The molecule has 2 aromatic rings. The summed E-state index contributed by atoms with van der Waals surface area (Å²) < 4.78 is 0. The molecule has 0 saturated heterocycles. The molecule has 0 nitrogen and oxygen atoms in total. The molecule has 2 aromatic carbocycles. The Kier molecular flexibility index (Phi) is 10.1. The molecule has 0 radical (unpaired) electrons. The minimum Gasteiger partial charge on any atom is -0.0654 e. The topological polar surface area (TPSA) is 0 Å². The van der Waals surface area contributed by atoms with Crippen molar-refractivity contribution in [2.75, 3.05) is 0 Å². The predicted molar refractivity (Wildman–Crippen MR) is 112 cm³/mol. The Hall–Kier alpha value is -1.56. The first-order chi connectivity index (χ1) is 12.4. The number of hydrogen-bond donors (Lipinski definition) is 0. The van der Waals surface area contributed by atoms with Crippen LogP contribution >= 0.6 is 0 Å². The smallest absolute Gasteiger partial charge is 0.0152 e. The van der Waals surface area contributed by atoms with E-state index in [9.17, 15) is 0 Å². The highest BCUT2D eigenvalue weighted by Gasteiger charge is 2.03. The van der Waals surface area contributed by atoms with Gasteiger partial charge in [0.15, 0.2) is 0 Å². The van der Waals surface area contributed by atoms with E-state index >= 15 is 0 Å². The lowest BCUT2D eigenvalue weighted by Gasteiger charge is -2.10. The van der Waals surface area contributed by atoms with Gasteiger partial charge in [-0.3, -0.25) is 0 Å². The van der Waals surface area contributed by atoms with Crippen LogP contribution in [-0.2, 0) is 6.42 Å². The van der Waals surface area contributed by atoms with E-state index in [4.69, 9.17) is 0 Å². The quantitative estimate of drug-likeness (QED) is 0.323. The van der Waals surface area contributed by atoms with E-state index in [1.807, 2.05) is 0 Å².